The Morgan fingerprint density at radius 2 is 1.72 bits per heavy atom. The van der Waals surface area contributed by atoms with Gasteiger partial charge in [-0.2, -0.15) is 0 Å². The van der Waals surface area contributed by atoms with Gasteiger partial charge in [0.15, 0.2) is 0 Å². The molecular weight excluding hydrogens is 230 g/mol. The molecule has 0 aromatic heterocycles. The van der Waals surface area contributed by atoms with E-state index in [2.05, 4.69) is 5.32 Å². The van der Waals surface area contributed by atoms with Crippen molar-refractivity contribution in [3.8, 4) is 5.75 Å². The van der Waals surface area contributed by atoms with Crippen molar-refractivity contribution in [1.82, 2.24) is 0 Å². The molecule has 0 radical (unpaired) electrons. The molecule has 4 heteroatoms. The molecule has 1 N–H and O–H groups in total. The Morgan fingerprint density at radius 1 is 1.06 bits per heavy atom. The number of Topliss-reactive ketones (excluding diaryl/α,β-unsaturated/α-hetero) is 1. The number of benzene rings is 2. The summed E-state index contributed by atoms with van der Waals surface area (Å²) >= 11 is 0. The highest BCUT2D eigenvalue weighted by Gasteiger charge is 2.07. The van der Waals surface area contributed by atoms with Gasteiger partial charge in [-0.1, -0.05) is 12.1 Å². The number of hydrogen-bond donors (Lipinski definition) is 1. The number of ether oxygens (including phenoxy) is 1. The Labute approximate surface area is 105 Å². The van der Waals surface area contributed by atoms with Crippen molar-refractivity contribution in [1.29, 1.82) is 0 Å². The number of carbonyl (C=O) groups excluding carboxylic acids is 2. The van der Waals surface area contributed by atoms with Crippen LogP contribution in [0.3, 0.4) is 0 Å². The zero-order valence-electron chi connectivity index (χ0n) is 10.2. The van der Waals surface area contributed by atoms with E-state index in [1.807, 2.05) is 30.3 Å². The highest BCUT2D eigenvalue weighted by atomic mass is 16.5. The van der Waals surface area contributed by atoms with Gasteiger partial charge in [0.2, 0.25) is 5.78 Å². The molecule has 0 bridgehead atoms. The van der Waals surface area contributed by atoms with E-state index in [1.54, 1.807) is 13.2 Å². The SMILES string of the molecule is COc1ccc2cc(NC(=O)C(C)=O)ccc2c1. The van der Waals surface area contributed by atoms with E-state index in [0.29, 0.717) is 5.69 Å². The minimum atomic E-state index is -0.608. The van der Waals surface area contributed by atoms with Gasteiger partial charge in [0.25, 0.3) is 5.91 Å². The molecule has 0 aliphatic carbocycles. The van der Waals surface area contributed by atoms with E-state index in [4.69, 9.17) is 4.74 Å². The van der Waals surface area contributed by atoms with Crippen molar-refractivity contribution in [2.24, 2.45) is 0 Å². The molecular formula is C14H13NO3. The summed E-state index contributed by atoms with van der Waals surface area (Å²) in [6.45, 7) is 1.24. The van der Waals surface area contributed by atoms with Crippen LogP contribution >= 0.6 is 0 Å². The molecule has 0 unspecified atom stereocenters. The van der Waals surface area contributed by atoms with Crippen molar-refractivity contribution in [2.75, 3.05) is 12.4 Å². The number of fused-ring (bicyclic) bond motifs is 1. The number of rotatable bonds is 3. The summed E-state index contributed by atoms with van der Waals surface area (Å²) in [4.78, 5) is 22.1. The summed E-state index contributed by atoms with van der Waals surface area (Å²) in [7, 11) is 1.61. The fourth-order valence-corrected chi connectivity index (χ4v) is 1.65. The Balaban J connectivity index is 2.33. The summed E-state index contributed by atoms with van der Waals surface area (Å²) in [5.74, 6) is -0.337. The van der Waals surface area contributed by atoms with Gasteiger partial charge in [-0.05, 0) is 35.0 Å². The third-order valence-corrected chi connectivity index (χ3v) is 2.63. The first-order valence-electron chi connectivity index (χ1n) is 5.50. The molecule has 2 rings (SSSR count). The second-order valence-electron chi connectivity index (χ2n) is 3.94. The smallest absolute Gasteiger partial charge is 0.291 e. The summed E-state index contributed by atoms with van der Waals surface area (Å²) in [5.41, 5.74) is 0.605. The lowest BCUT2D eigenvalue weighted by Gasteiger charge is -2.06. The Morgan fingerprint density at radius 3 is 2.39 bits per heavy atom. The number of amides is 1. The van der Waals surface area contributed by atoms with Crippen LogP contribution in [-0.4, -0.2) is 18.8 Å². The quantitative estimate of drug-likeness (QED) is 0.842. The third-order valence-electron chi connectivity index (χ3n) is 2.63. The molecule has 2 aromatic rings. The van der Waals surface area contributed by atoms with Crippen LogP contribution in [0.15, 0.2) is 36.4 Å². The summed E-state index contributed by atoms with van der Waals surface area (Å²) in [6.07, 6.45) is 0. The van der Waals surface area contributed by atoms with Crippen LogP contribution in [0.4, 0.5) is 5.69 Å². The molecule has 0 saturated carbocycles. The van der Waals surface area contributed by atoms with Crippen molar-refractivity contribution in [3.63, 3.8) is 0 Å². The normalized spacial score (nSPS) is 10.1. The standard InChI is InChI=1S/C14H13NO3/c1-9(16)14(17)15-12-5-3-11-8-13(18-2)6-4-10(11)7-12/h3-8H,1-2H3,(H,15,17). The predicted octanol–water partition coefficient (Wildman–Crippen LogP) is 2.38. The zero-order chi connectivity index (χ0) is 13.1. The average molecular weight is 243 g/mol. The molecule has 0 aliphatic rings. The monoisotopic (exact) mass is 243 g/mol. The van der Waals surface area contributed by atoms with E-state index in [-0.39, 0.29) is 0 Å². The van der Waals surface area contributed by atoms with E-state index in [1.165, 1.54) is 6.92 Å². The molecule has 0 heterocycles. The maximum atomic E-state index is 11.3. The summed E-state index contributed by atoms with van der Waals surface area (Å²) in [6, 6.07) is 11.1. The lowest BCUT2D eigenvalue weighted by atomic mass is 10.1. The maximum absolute atomic E-state index is 11.3. The van der Waals surface area contributed by atoms with E-state index >= 15 is 0 Å². The number of methoxy groups -OCH3 is 1. The van der Waals surface area contributed by atoms with E-state index in [9.17, 15) is 9.59 Å². The van der Waals surface area contributed by atoms with Gasteiger partial charge in [0.05, 0.1) is 7.11 Å². The summed E-state index contributed by atoms with van der Waals surface area (Å²) in [5, 5.41) is 4.52. The number of anilines is 1. The highest BCUT2D eigenvalue weighted by Crippen LogP contribution is 2.23. The van der Waals surface area contributed by atoms with Crippen LogP contribution in [0.1, 0.15) is 6.92 Å². The van der Waals surface area contributed by atoms with Crippen molar-refractivity contribution >= 4 is 28.2 Å². The third kappa shape index (κ3) is 2.48. The maximum Gasteiger partial charge on any atom is 0.291 e. The average Bonchev–Trinajstić information content (AvgIpc) is 2.37. The van der Waals surface area contributed by atoms with Crippen molar-refractivity contribution < 1.29 is 14.3 Å². The van der Waals surface area contributed by atoms with Crippen LogP contribution in [0, 0.1) is 0 Å². The minimum Gasteiger partial charge on any atom is -0.497 e. The fraction of sp³-hybridized carbons (Fsp3) is 0.143. The van der Waals surface area contributed by atoms with Crippen LogP contribution in [-0.2, 0) is 9.59 Å². The zero-order valence-corrected chi connectivity index (χ0v) is 10.2. The molecule has 92 valence electrons. The molecule has 4 nitrogen and oxygen atoms in total. The molecule has 0 spiro atoms. The largest absolute Gasteiger partial charge is 0.497 e. The van der Waals surface area contributed by atoms with Crippen LogP contribution in [0.2, 0.25) is 0 Å². The first-order chi connectivity index (χ1) is 8.60. The second kappa shape index (κ2) is 4.87. The van der Waals surface area contributed by atoms with Crippen LogP contribution < -0.4 is 10.1 Å². The Bertz CT molecular complexity index is 619. The molecule has 0 saturated heterocycles. The predicted molar refractivity (Wildman–Crippen MR) is 69.8 cm³/mol. The number of nitrogens with one attached hydrogen (secondary N) is 1. The van der Waals surface area contributed by atoms with E-state index in [0.717, 1.165) is 16.5 Å². The van der Waals surface area contributed by atoms with Crippen molar-refractivity contribution in [3.05, 3.63) is 36.4 Å². The highest BCUT2D eigenvalue weighted by molar-refractivity contribution is 6.39. The fourth-order valence-electron chi connectivity index (χ4n) is 1.65. The molecule has 1 amide bonds. The first kappa shape index (κ1) is 12.1. The van der Waals surface area contributed by atoms with Gasteiger partial charge in [0.1, 0.15) is 5.75 Å². The molecule has 2 aromatic carbocycles. The molecule has 0 aliphatic heterocycles. The lowest BCUT2D eigenvalue weighted by Crippen LogP contribution is -2.19. The Hall–Kier alpha value is -2.36. The number of carbonyl (C=O) groups is 2. The topological polar surface area (TPSA) is 55.4 Å². The second-order valence-corrected chi connectivity index (χ2v) is 3.94. The first-order valence-corrected chi connectivity index (χ1v) is 5.50. The van der Waals surface area contributed by atoms with E-state index < -0.39 is 11.7 Å². The van der Waals surface area contributed by atoms with Gasteiger partial charge >= 0.3 is 0 Å². The number of hydrogen-bond acceptors (Lipinski definition) is 3. The van der Waals surface area contributed by atoms with Gasteiger partial charge in [0, 0.05) is 12.6 Å². The summed E-state index contributed by atoms with van der Waals surface area (Å²) < 4.78 is 5.13. The van der Waals surface area contributed by atoms with Gasteiger partial charge in [-0.15, -0.1) is 0 Å². The Kier molecular flexibility index (Phi) is 3.28. The van der Waals surface area contributed by atoms with Gasteiger partial charge in [-0.3, -0.25) is 9.59 Å². The molecule has 18 heavy (non-hydrogen) atoms. The van der Waals surface area contributed by atoms with Crippen LogP contribution in [0.25, 0.3) is 10.8 Å². The lowest BCUT2D eigenvalue weighted by molar-refractivity contribution is -0.133. The van der Waals surface area contributed by atoms with Crippen molar-refractivity contribution in [2.45, 2.75) is 6.92 Å². The minimum absolute atomic E-state index is 0.509. The van der Waals surface area contributed by atoms with Crippen LogP contribution in [0.5, 0.6) is 5.75 Å². The number of ketones is 1. The molecule has 0 fully saturated rings. The molecule has 0 atom stereocenters. The van der Waals surface area contributed by atoms with Gasteiger partial charge in [-0.25, -0.2) is 0 Å². The van der Waals surface area contributed by atoms with Gasteiger partial charge < -0.3 is 10.1 Å².